The largest absolute Gasteiger partial charge is 0.472 e. The van der Waals surface area contributed by atoms with E-state index < -0.39 is 0 Å². The van der Waals surface area contributed by atoms with Gasteiger partial charge in [-0.1, -0.05) is 17.7 Å². The fourth-order valence-corrected chi connectivity index (χ4v) is 2.20. The molecule has 1 saturated heterocycles. The Morgan fingerprint density at radius 1 is 1.40 bits per heavy atom. The van der Waals surface area contributed by atoms with Crippen molar-refractivity contribution in [2.45, 2.75) is 18.9 Å². The number of hydrogen-bond acceptors (Lipinski definition) is 5. The number of allylic oxidation sites excluding steroid dienone is 1. The van der Waals surface area contributed by atoms with Crippen LogP contribution in [0, 0.1) is 0 Å². The summed E-state index contributed by atoms with van der Waals surface area (Å²) in [5.41, 5.74) is 0. The first kappa shape index (κ1) is 15.2. The Labute approximate surface area is 124 Å². The Bertz CT molecular complexity index is 407. The summed E-state index contributed by atoms with van der Waals surface area (Å²) in [6, 6.07) is 3.43. The van der Waals surface area contributed by atoms with Crippen LogP contribution in [0.1, 0.15) is 12.8 Å². The molecule has 1 aromatic heterocycles. The second-order valence-corrected chi connectivity index (χ2v) is 5.10. The first-order chi connectivity index (χ1) is 9.78. The van der Waals surface area contributed by atoms with Gasteiger partial charge >= 0.3 is 0 Å². The maximum Gasteiger partial charge on any atom is 0.233 e. The molecule has 0 aromatic carbocycles. The highest BCUT2D eigenvalue weighted by Gasteiger charge is 2.18. The Morgan fingerprint density at radius 2 is 2.20 bits per heavy atom. The second kappa shape index (κ2) is 8.19. The van der Waals surface area contributed by atoms with E-state index in [9.17, 15) is 0 Å². The molecule has 1 aromatic rings. The fraction of sp³-hybridized carbons (Fsp3) is 0.571. The minimum Gasteiger partial charge on any atom is -0.472 e. The lowest BCUT2D eigenvalue weighted by Crippen LogP contribution is -2.42. The van der Waals surface area contributed by atoms with Gasteiger partial charge in [-0.25, -0.2) is 0 Å². The molecule has 0 unspecified atom stereocenters. The Kier molecular flexibility index (Phi) is 6.24. The van der Waals surface area contributed by atoms with Crippen molar-refractivity contribution in [2.24, 2.45) is 0 Å². The molecule has 1 fully saturated rings. The van der Waals surface area contributed by atoms with Gasteiger partial charge in [0.1, 0.15) is 6.10 Å². The van der Waals surface area contributed by atoms with E-state index >= 15 is 0 Å². The van der Waals surface area contributed by atoms with E-state index in [0.29, 0.717) is 11.0 Å². The molecule has 2 heterocycles. The van der Waals surface area contributed by atoms with Crippen molar-refractivity contribution in [3.63, 3.8) is 0 Å². The predicted octanol–water partition coefficient (Wildman–Crippen LogP) is 2.18. The van der Waals surface area contributed by atoms with Crippen molar-refractivity contribution in [1.29, 1.82) is 0 Å². The molecule has 1 aliphatic heterocycles. The third kappa shape index (κ3) is 5.07. The van der Waals surface area contributed by atoms with Gasteiger partial charge in [-0.15, -0.1) is 16.8 Å². The number of morpholine rings is 1. The number of nitrogens with zero attached hydrogens (tertiary/aromatic N) is 3. The van der Waals surface area contributed by atoms with Gasteiger partial charge in [-0.05, 0) is 18.9 Å². The van der Waals surface area contributed by atoms with Gasteiger partial charge in [0.2, 0.25) is 5.88 Å². The molecule has 0 aliphatic carbocycles. The molecule has 0 radical (unpaired) electrons. The highest BCUT2D eigenvalue weighted by atomic mass is 35.5. The van der Waals surface area contributed by atoms with Gasteiger partial charge in [0.15, 0.2) is 5.15 Å². The molecule has 0 amide bonds. The number of ether oxygens (including phenoxy) is 2. The second-order valence-electron chi connectivity index (χ2n) is 4.71. The lowest BCUT2D eigenvalue weighted by molar-refractivity contribution is 0.0173. The molecule has 0 spiro atoms. The molecular weight excluding hydrogens is 278 g/mol. The van der Waals surface area contributed by atoms with Crippen molar-refractivity contribution in [3.8, 4) is 5.88 Å². The highest BCUT2D eigenvalue weighted by molar-refractivity contribution is 6.29. The Morgan fingerprint density at radius 3 is 2.85 bits per heavy atom. The summed E-state index contributed by atoms with van der Waals surface area (Å²) in [4.78, 5) is 2.35. The number of halogens is 1. The van der Waals surface area contributed by atoms with E-state index in [4.69, 9.17) is 21.1 Å². The quantitative estimate of drug-likeness (QED) is 0.722. The summed E-state index contributed by atoms with van der Waals surface area (Å²) >= 11 is 5.72. The summed E-state index contributed by atoms with van der Waals surface area (Å²) in [5, 5.41) is 8.11. The van der Waals surface area contributed by atoms with Crippen LogP contribution in [0.2, 0.25) is 5.15 Å². The molecule has 1 atom stereocenters. The van der Waals surface area contributed by atoms with Crippen LogP contribution in [-0.2, 0) is 4.74 Å². The third-order valence-corrected chi connectivity index (χ3v) is 3.35. The zero-order valence-electron chi connectivity index (χ0n) is 11.5. The van der Waals surface area contributed by atoms with Gasteiger partial charge in [0.05, 0.1) is 13.2 Å². The first-order valence-corrected chi connectivity index (χ1v) is 7.22. The molecule has 110 valence electrons. The predicted molar refractivity (Wildman–Crippen MR) is 78.1 cm³/mol. The maximum absolute atomic E-state index is 5.91. The molecule has 0 bridgehead atoms. The van der Waals surface area contributed by atoms with Crippen molar-refractivity contribution in [1.82, 2.24) is 15.1 Å². The van der Waals surface area contributed by atoms with E-state index in [-0.39, 0.29) is 6.10 Å². The number of aromatic nitrogens is 2. The van der Waals surface area contributed by atoms with Crippen LogP contribution in [-0.4, -0.2) is 54.0 Å². The lowest BCUT2D eigenvalue weighted by Gasteiger charge is -2.30. The highest BCUT2D eigenvalue weighted by Crippen LogP contribution is 2.14. The topological polar surface area (TPSA) is 47.5 Å². The molecule has 1 aliphatic rings. The van der Waals surface area contributed by atoms with Crippen LogP contribution in [0.3, 0.4) is 0 Å². The third-order valence-electron chi connectivity index (χ3n) is 3.15. The zero-order valence-corrected chi connectivity index (χ0v) is 12.3. The van der Waals surface area contributed by atoms with E-state index in [0.717, 1.165) is 45.7 Å². The van der Waals surface area contributed by atoms with E-state index in [1.54, 1.807) is 12.1 Å². The molecule has 6 heteroatoms. The van der Waals surface area contributed by atoms with Gasteiger partial charge < -0.3 is 9.47 Å². The normalized spacial score (nSPS) is 17.6. The van der Waals surface area contributed by atoms with Gasteiger partial charge in [-0.2, -0.15) is 0 Å². The smallest absolute Gasteiger partial charge is 0.233 e. The average molecular weight is 298 g/mol. The summed E-state index contributed by atoms with van der Waals surface area (Å²) in [7, 11) is 0. The summed E-state index contributed by atoms with van der Waals surface area (Å²) < 4.78 is 11.3. The van der Waals surface area contributed by atoms with E-state index in [1.807, 2.05) is 6.08 Å². The van der Waals surface area contributed by atoms with Crippen LogP contribution in [0.5, 0.6) is 5.88 Å². The van der Waals surface area contributed by atoms with Crippen LogP contribution < -0.4 is 4.74 Å². The van der Waals surface area contributed by atoms with Crippen LogP contribution in [0.25, 0.3) is 0 Å². The van der Waals surface area contributed by atoms with Crippen molar-refractivity contribution in [2.75, 3.05) is 32.8 Å². The van der Waals surface area contributed by atoms with Gasteiger partial charge in [0.25, 0.3) is 0 Å². The van der Waals surface area contributed by atoms with Crippen LogP contribution >= 0.6 is 11.6 Å². The summed E-state index contributed by atoms with van der Waals surface area (Å²) in [6.07, 6.45) is 3.80. The first-order valence-electron chi connectivity index (χ1n) is 6.85. The van der Waals surface area contributed by atoms with Gasteiger partial charge in [0, 0.05) is 25.7 Å². The maximum atomic E-state index is 5.91. The lowest BCUT2D eigenvalue weighted by atomic mass is 10.2. The van der Waals surface area contributed by atoms with Gasteiger partial charge in [-0.3, -0.25) is 4.90 Å². The minimum atomic E-state index is 0.0709. The van der Waals surface area contributed by atoms with Crippen molar-refractivity contribution >= 4 is 11.6 Å². The number of hydrogen-bond donors (Lipinski definition) is 0. The molecular formula is C14H20ClN3O2. The summed E-state index contributed by atoms with van der Waals surface area (Å²) in [6.45, 7) is 8.09. The van der Waals surface area contributed by atoms with Crippen LogP contribution in [0.15, 0.2) is 24.8 Å². The Balaban J connectivity index is 1.91. The van der Waals surface area contributed by atoms with Crippen molar-refractivity contribution < 1.29 is 9.47 Å². The molecule has 0 N–H and O–H groups in total. The Hall–Kier alpha value is -1.17. The molecule has 2 rings (SSSR count). The standard InChI is InChI=1S/C14H20ClN3O2/c1-2-3-4-12(11-18-7-9-19-10-8-18)20-14-6-5-13(15)16-17-14/h2,5-6,12H,1,3-4,7-11H2/t12-/m0/s1. The average Bonchev–Trinajstić information content (AvgIpc) is 2.48. The SMILES string of the molecule is C=CCC[C@@H](CN1CCOCC1)Oc1ccc(Cl)nn1. The minimum absolute atomic E-state index is 0.0709. The molecule has 20 heavy (non-hydrogen) atoms. The monoisotopic (exact) mass is 297 g/mol. The zero-order chi connectivity index (χ0) is 14.2. The van der Waals surface area contributed by atoms with E-state index in [1.165, 1.54) is 0 Å². The van der Waals surface area contributed by atoms with E-state index in [2.05, 4.69) is 21.7 Å². The summed E-state index contributed by atoms with van der Waals surface area (Å²) in [5.74, 6) is 0.511. The van der Waals surface area contributed by atoms with Crippen molar-refractivity contribution in [3.05, 3.63) is 29.9 Å². The van der Waals surface area contributed by atoms with Crippen LogP contribution in [0.4, 0.5) is 0 Å². The molecule has 0 saturated carbocycles. The molecule has 5 nitrogen and oxygen atoms in total. The number of rotatable bonds is 7. The fourth-order valence-electron chi connectivity index (χ4n) is 2.10.